The third-order valence-corrected chi connectivity index (χ3v) is 20.1. The number of esters is 4. The maximum Gasteiger partial charge on any atom is 0.472 e. The number of aliphatic hydroxyl groups excluding tert-OH is 1. The lowest BCUT2D eigenvalue weighted by atomic mass is 10.0. The molecule has 3 N–H and O–H groups in total. The number of rotatable bonds is 79. The van der Waals surface area contributed by atoms with E-state index in [1.54, 1.807) is 0 Å². The molecule has 0 aliphatic carbocycles. The largest absolute Gasteiger partial charge is 0.472 e. The summed E-state index contributed by atoms with van der Waals surface area (Å²) < 4.78 is 68.6. The molecule has 0 saturated carbocycles. The van der Waals surface area contributed by atoms with Gasteiger partial charge in [0, 0.05) is 25.7 Å². The molecule has 584 valence electrons. The van der Waals surface area contributed by atoms with Crippen molar-refractivity contribution in [3.05, 3.63) is 24.3 Å². The number of allylic oxidation sites excluding steroid dienone is 4. The second-order valence-electron chi connectivity index (χ2n) is 28.1. The highest BCUT2D eigenvalue weighted by atomic mass is 31.2. The summed E-state index contributed by atoms with van der Waals surface area (Å²) >= 11 is 0. The zero-order valence-corrected chi connectivity index (χ0v) is 65.7. The van der Waals surface area contributed by atoms with Crippen molar-refractivity contribution in [3.63, 3.8) is 0 Å². The van der Waals surface area contributed by atoms with E-state index in [1.165, 1.54) is 218 Å². The molecular formula is C80H152O17P2. The van der Waals surface area contributed by atoms with Crippen LogP contribution in [-0.2, 0) is 65.4 Å². The molecule has 0 aliphatic rings. The van der Waals surface area contributed by atoms with Gasteiger partial charge in [-0.25, -0.2) is 9.13 Å². The lowest BCUT2D eigenvalue weighted by molar-refractivity contribution is -0.161. The Morgan fingerprint density at radius 2 is 0.485 bits per heavy atom. The number of unbranched alkanes of at least 4 members (excludes halogenated alkanes) is 50. The number of aliphatic hydroxyl groups is 1. The molecule has 2 unspecified atom stereocenters. The molecule has 5 atom stereocenters. The first-order valence-electron chi connectivity index (χ1n) is 41.1. The summed E-state index contributed by atoms with van der Waals surface area (Å²) in [5, 5.41) is 10.6. The highest BCUT2D eigenvalue weighted by Gasteiger charge is 2.30. The summed E-state index contributed by atoms with van der Waals surface area (Å²) in [4.78, 5) is 73.0. The third-order valence-electron chi connectivity index (χ3n) is 18.2. The predicted molar refractivity (Wildman–Crippen MR) is 405 cm³/mol. The fourth-order valence-electron chi connectivity index (χ4n) is 11.9. The van der Waals surface area contributed by atoms with E-state index in [1.807, 2.05) is 0 Å². The van der Waals surface area contributed by atoms with Crippen molar-refractivity contribution in [2.75, 3.05) is 39.6 Å². The molecule has 0 amide bonds. The average Bonchev–Trinajstić information content (AvgIpc) is 1.02. The first-order valence-corrected chi connectivity index (χ1v) is 44.1. The van der Waals surface area contributed by atoms with Gasteiger partial charge in [0.1, 0.15) is 19.3 Å². The normalized spacial score (nSPS) is 14.0. The zero-order chi connectivity index (χ0) is 72.5. The topological polar surface area (TPSA) is 237 Å². The first-order chi connectivity index (χ1) is 48.2. The van der Waals surface area contributed by atoms with Crippen LogP contribution in [0, 0.1) is 0 Å². The van der Waals surface area contributed by atoms with Crippen molar-refractivity contribution >= 4 is 39.5 Å². The molecule has 0 heterocycles. The Bertz CT molecular complexity index is 1970. The van der Waals surface area contributed by atoms with Crippen LogP contribution in [-0.4, -0.2) is 96.7 Å². The Morgan fingerprint density at radius 3 is 0.737 bits per heavy atom. The van der Waals surface area contributed by atoms with E-state index in [4.69, 9.17) is 37.0 Å². The van der Waals surface area contributed by atoms with Crippen molar-refractivity contribution in [2.45, 2.75) is 425 Å². The summed E-state index contributed by atoms with van der Waals surface area (Å²) in [5.41, 5.74) is 0. The van der Waals surface area contributed by atoms with Crippen molar-refractivity contribution < 1.29 is 80.2 Å². The van der Waals surface area contributed by atoms with Crippen molar-refractivity contribution in [1.82, 2.24) is 0 Å². The Balaban J connectivity index is 5.28. The zero-order valence-electron chi connectivity index (χ0n) is 64.0. The Kier molecular flexibility index (Phi) is 72.0. The van der Waals surface area contributed by atoms with Crippen LogP contribution in [0.4, 0.5) is 0 Å². The summed E-state index contributed by atoms with van der Waals surface area (Å²) in [5.74, 6) is -2.14. The van der Waals surface area contributed by atoms with Gasteiger partial charge in [0.25, 0.3) is 0 Å². The van der Waals surface area contributed by atoms with Crippen LogP contribution in [0.2, 0.25) is 0 Å². The standard InChI is InChI=1S/C80H152O17P2/c1-5-9-13-17-21-25-29-32-35-36-37-40-43-47-51-55-59-63-67-80(85)97-76(71-91-78(83)65-61-57-53-49-45-41-38-33-30-26-22-18-14-10-6-2)73-95-99(88,89)93-69-74(81)68-92-98(86,87)94-72-75(70-90-77(82)64-60-56-52-48-44-28-24-20-16-12-8-4)96-79(84)66-62-58-54-50-46-42-39-34-31-27-23-19-15-11-7-3/h26,30,33,38,74-76,81H,5-25,27-29,31-32,34-37,39-73H2,1-4H3,(H,86,87)(H,88,89)/b30-26-,38-33-/t74-,75+,76+/m0/s1. The van der Waals surface area contributed by atoms with E-state index < -0.39 is 97.5 Å². The molecule has 0 spiro atoms. The Labute approximate surface area is 605 Å². The summed E-state index contributed by atoms with van der Waals surface area (Å²) in [6.07, 6.45) is 68.6. The Morgan fingerprint density at radius 1 is 0.283 bits per heavy atom. The third kappa shape index (κ3) is 73.6. The number of hydrogen-bond donors (Lipinski definition) is 3. The molecule has 0 aromatic rings. The lowest BCUT2D eigenvalue weighted by Gasteiger charge is -2.21. The van der Waals surface area contributed by atoms with Gasteiger partial charge in [-0.05, 0) is 51.4 Å². The molecular weight excluding hydrogens is 1290 g/mol. The van der Waals surface area contributed by atoms with Crippen LogP contribution in [0.25, 0.3) is 0 Å². The van der Waals surface area contributed by atoms with Crippen molar-refractivity contribution in [1.29, 1.82) is 0 Å². The summed E-state index contributed by atoms with van der Waals surface area (Å²) in [6.45, 7) is 4.96. The molecule has 0 aromatic heterocycles. The average molecular weight is 1450 g/mol. The van der Waals surface area contributed by atoms with Gasteiger partial charge in [0.15, 0.2) is 12.2 Å². The summed E-state index contributed by atoms with van der Waals surface area (Å²) in [7, 11) is -9.93. The Hall–Kier alpha value is -2.46. The molecule has 19 heteroatoms. The van der Waals surface area contributed by atoms with Gasteiger partial charge in [-0.15, -0.1) is 0 Å². The van der Waals surface area contributed by atoms with Crippen molar-refractivity contribution in [2.24, 2.45) is 0 Å². The fraction of sp³-hybridized carbons (Fsp3) is 0.900. The van der Waals surface area contributed by atoms with Crippen molar-refractivity contribution in [3.8, 4) is 0 Å². The number of carbonyl (C=O) groups excluding carboxylic acids is 4. The van der Waals surface area contributed by atoms with Gasteiger partial charge in [-0.2, -0.15) is 0 Å². The fourth-order valence-corrected chi connectivity index (χ4v) is 13.5. The van der Waals surface area contributed by atoms with E-state index in [0.717, 1.165) is 109 Å². The lowest BCUT2D eigenvalue weighted by Crippen LogP contribution is -2.30. The molecule has 0 aliphatic heterocycles. The maximum atomic E-state index is 13.1. The minimum absolute atomic E-state index is 0.102. The van der Waals surface area contributed by atoms with E-state index in [0.29, 0.717) is 25.7 Å². The van der Waals surface area contributed by atoms with Crippen LogP contribution in [0.15, 0.2) is 24.3 Å². The van der Waals surface area contributed by atoms with E-state index in [2.05, 4.69) is 52.0 Å². The minimum atomic E-state index is -4.97. The van der Waals surface area contributed by atoms with Crippen LogP contribution in [0.5, 0.6) is 0 Å². The molecule has 0 radical (unpaired) electrons. The van der Waals surface area contributed by atoms with Gasteiger partial charge in [-0.3, -0.25) is 37.3 Å². The van der Waals surface area contributed by atoms with E-state index in [-0.39, 0.29) is 25.7 Å². The second-order valence-corrected chi connectivity index (χ2v) is 31.0. The van der Waals surface area contributed by atoms with E-state index >= 15 is 0 Å². The first kappa shape index (κ1) is 96.5. The molecule has 0 saturated heterocycles. The number of carbonyl (C=O) groups is 4. The monoisotopic (exact) mass is 1450 g/mol. The van der Waals surface area contributed by atoms with Gasteiger partial charge in [0.05, 0.1) is 26.4 Å². The highest BCUT2D eigenvalue weighted by Crippen LogP contribution is 2.45. The van der Waals surface area contributed by atoms with Crippen LogP contribution in [0.3, 0.4) is 0 Å². The quantitative estimate of drug-likeness (QED) is 0.0169. The van der Waals surface area contributed by atoms with Gasteiger partial charge in [-0.1, -0.05) is 354 Å². The number of hydrogen-bond acceptors (Lipinski definition) is 15. The van der Waals surface area contributed by atoms with Gasteiger partial charge in [0.2, 0.25) is 0 Å². The second kappa shape index (κ2) is 73.8. The van der Waals surface area contributed by atoms with Crippen LogP contribution in [0.1, 0.15) is 407 Å². The maximum absolute atomic E-state index is 13.1. The molecule has 0 aromatic carbocycles. The predicted octanol–water partition coefficient (Wildman–Crippen LogP) is 23.7. The van der Waals surface area contributed by atoms with Crippen LogP contribution >= 0.6 is 15.6 Å². The summed E-state index contributed by atoms with van der Waals surface area (Å²) in [6, 6.07) is 0. The smallest absolute Gasteiger partial charge is 0.462 e. The molecule has 99 heavy (non-hydrogen) atoms. The number of phosphoric acid groups is 2. The molecule has 0 fully saturated rings. The van der Waals surface area contributed by atoms with Gasteiger partial charge < -0.3 is 33.8 Å². The SMILES string of the molecule is CCCCCC/C=C\C=C/CCCCCCCC(=O)OC[C@H](COP(=O)(O)OC[C@@H](O)COP(=O)(O)OC[C@@H](COC(=O)CCCCCCCCCCCCC)OC(=O)CCCCCCCCCCCCCCCCC)OC(=O)CCCCCCCCCCCCCCCCCCCC. The highest BCUT2D eigenvalue weighted by molar-refractivity contribution is 7.47. The number of phosphoric ester groups is 2. The van der Waals surface area contributed by atoms with Gasteiger partial charge >= 0.3 is 39.5 Å². The number of ether oxygens (including phenoxy) is 4. The van der Waals surface area contributed by atoms with Crippen LogP contribution < -0.4 is 0 Å². The molecule has 17 nitrogen and oxygen atoms in total. The molecule has 0 rings (SSSR count). The van der Waals surface area contributed by atoms with E-state index in [9.17, 15) is 43.2 Å². The molecule has 0 bridgehead atoms. The minimum Gasteiger partial charge on any atom is -0.462 e.